The van der Waals surface area contributed by atoms with Gasteiger partial charge in [-0.15, -0.1) is 11.3 Å². The predicted octanol–water partition coefficient (Wildman–Crippen LogP) is 11.8. The average molecular weight is 695 g/mol. The van der Waals surface area contributed by atoms with Crippen LogP contribution in [0.1, 0.15) is 0 Å². The zero-order chi connectivity index (χ0) is 34.6. The maximum atomic E-state index is 5.42. The Morgan fingerprint density at radius 2 is 0.962 bits per heavy atom. The van der Waals surface area contributed by atoms with Crippen LogP contribution in [0.3, 0.4) is 0 Å². The van der Waals surface area contributed by atoms with E-state index in [9.17, 15) is 0 Å². The van der Waals surface area contributed by atoms with Gasteiger partial charge < -0.3 is 0 Å². The summed E-state index contributed by atoms with van der Waals surface area (Å²) in [4.78, 5) is 20.7. The van der Waals surface area contributed by atoms with Gasteiger partial charge in [-0.3, -0.25) is 14.1 Å². The largest absolute Gasteiger partial charge is 0.292 e. The molecule has 7 aromatic carbocycles. The fourth-order valence-corrected chi connectivity index (χ4v) is 9.32. The zero-order valence-corrected chi connectivity index (χ0v) is 28.9. The Balaban J connectivity index is 1.18. The van der Waals surface area contributed by atoms with Crippen LogP contribution in [0.5, 0.6) is 0 Å². The maximum absolute atomic E-state index is 5.42. The Hall–Kier alpha value is -6.96. The topological polar surface area (TPSA) is 61.4 Å². The lowest BCUT2D eigenvalue weighted by atomic mass is 10.1. The molecule has 0 N–H and O–H groups in total. The lowest BCUT2D eigenvalue weighted by Crippen LogP contribution is -2.03. The van der Waals surface area contributed by atoms with E-state index in [1.54, 1.807) is 0 Å². The third-order valence-corrected chi connectivity index (χ3v) is 11.7. The van der Waals surface area contributed by atoms with E-state index in [0.29, 0.717) is 0 Å². The molecule has 5 heterocycles. The van der Waals surface area contributed by atoms with Gasteiger partial charge in [0, 0.05) is 47.3 Å². The molecule has 0 atom stereocenters. The first kappa shape index (κ1) is 28.7. The molecule has 0 aliphatic heterocycles. The van der Waals surface area contributed by atoms with Crippen molar-refractivity contribution in [2.45, 2.75) is 0 Å². The molecule has 0 saturated heterocycles. The van der Waals surface area contributed by atoms with Crippen molar-refractivity contribution in [3.63, 3.8) is 0 Å². The van der Waals surface area contributed by atoms with Crippen molar-refractivity contribution in [3.05, 3.63) is 158 Å². The average Bonchev–Trinajstić information content (AvgIpc) is 3.86. The maximum Gasteiger partial charge on any atom is 0.165 e. The van der Waals surface area contributed by atoms with Crippen molar-refractivity contribution >= 4 is 97.2 Å². The summed E-state index contributed by atoms with van der Waals surface area (Å²) in [7, 11) is 0. The van der Waals surface area contributed by atoms with Crippen molar-refractivity contribution in [3.8, 4) is 22.9 Å². The highest BCUT2D eigenvalue weighted by Gasteiger charge is 2.23. The molecule has 0 aliphatic carbocycles. The second-order valence-corrected chi connectivity index (χ2v) is 14.6. The minimum atomic E-state index is 0.789. The highest BCUT2D eigenvalue weighted by Crippen LogP contribution is 2.42. The van der Waals surface area contributed by atoms with Crippen LogP contribution >= 0.6 is 11.3 Å². The van der Waals surface area contributed by atoms with Gasteiger partial charge in [-0.1, -0.05) is 91.0 Å². The summed E-state index contributed by atoms with van der Waals surface area (Å²) < 4.78 is 7.08. The second kappa shape index (κ2) is 10.8. The fourth-order valence-electron chi connectivity index (χ4n) is 8.17. The standard InChI is InChI=1S/C46H26N6S/c1-8-18-38-28(11-1)32-25-41-33(24-40(32)51(38)44-26-47-34-14-4-5-15-35(34)48-44)29-12-2-9-19-39(29)52(41)46-45(49-36-16-6-7-17-37(36)50-46)27-21-22-31-30-13-3-10-20-42(30)53-43(31)23-27/h1-26H. The van der Waals surface area contributed by atoms with E-state index in [2.05, 4.69) is 118 Å². The molecule has 12 aromatic rings. The van der Waals surface area contributed by atoms with Gasteiger partial charge in [0.05, 0.1) is 50.3 Å². The molecule has 0 bridgehead atoms. The molecule has 53 heavy (non-hydrogen) atoms. The number of benzene rings is 7. The van der Waals surface area contributed by atoms with Gasteiger partial charge in [0.2, 0.25) is 0 Å². The Morgan fingerprint density at radius 3 is 1.72 bits per heavy atom. The number of rotatable bonds is 3. The molecule has 0 amide bonds. The van der Waals surface area contributed by atoms with E-state index in [-0.39, 0.29) is 0 Å². The lowest BCUT2D eigenvalue weighted by molar-refractivity contribution is 1.07. The van der Waals surface area contributed by atoms with Crippen molar-refractivity contribution in [2.75, 3.05) is 0 Å². The monoisotopic (exact) mass is 694 g/mol. The molecule has 0 aliphatic rings. The van der Waals surface area contributed by atoms with Crippen LogP contribution < -0.4 is 0 Å². The summed E-state index contributed by atoms with van der Waals surface area (Å²) in [5, 5.41) is 7.10. The number of hydrogen-bond donors (Lipinski definition) is 0. The third kappa shape index (κ3) is 4.14. The van der Waals surface area contributed by atoms with Crippen molar-refractivity contribution in [1.29, 1.82) is 0 Å². The van der Waals surface area contributed by atoms with Gasteiger partial charge in [-0.05, 0) is 60.7 Å². The van der Waals surface area contributed by atoms with Crippen LogP contribution in [0, 0.1) is 0 Å². The van der Waals surface area contributed by atoms with E-state index in [0.717, 1.165) is 88.6 Å². The van der Waals surface area contributed by atoms with E-state index < -0.39 is 0 Å². The summed E-state index contributed by atoms with van der Waals surface area (Å²) in [6.07, 6.45) is 1.88. The highest BCUT2D eigenvalue weighted by molar-refractivity contribution is 7.25. The number of hydrogen-bond acceptors (Lipinski definition) is 5. The van der Waals surface area contributed by atoms with Crippen LogP contribution in [0.25, 0.3) is 109 Å². The normalized spacial score (nSPS) is 12.2. The van der Waals surface area contributed by atoms with Crippen molar-refractivity contribution in [2.24, 2.45) is 0 Å². The molecule has 0 radical (unpaired) electrons. The molecule has 246 valence electrons. The first-order chi connectivity index (χ1) is 26.3. The molecule has 0 spiro atoms. The van der Waals surface area contributed by atoms with Gasteiger partial charge in [0.15, 0.2) is 11.6 Å². The quantitative estimate of drug-likeness (QED) is 0.185. The first-order valence-electron chi connectivity index (χ1n) is 17.6. The Labute approximate surface area is 305 Å². The molecule has 5 aromatic heterocycles. The van der Waals surface area contributed by atoms with E-state index in [1.807, 2.05) is 60.0 Å². The Bertz CT molecular complexity index is 3480. The minimum absolute atomic E-state index is 0.789. The number of aromatic nitrogens is 6. The Kier molecular flexibility index (Phi) is 5.84. The molecule has 0 unspecified atom stereocenters. The summed E-state index contributed by atoms with van der Waals surface area (Å²) >= 11 is 1.82. The third-order valence-electron chi connectivity index (χ3n) is 10.5. The summed E-state index contributed by atoms with van der Waals surface area (Å²) in [6, 6.07) is 53.4. The van der Waals surface area contributed by atoms with Crippen molar-refractivity contribution in [1.82, 2.24) is 29.1 Å². The second-order valence-electron chi connectivity index (χ2n) is 13.5. The molecule has 12 rings (SSSR count). The van der Waals surface area contributed by atoms with Gasteiger partial charge in [-0.25, -0.2) is 15.0 Å². The Morgan fingerprint density at radius 1 is 0.396 bits per heavy atom. The molecule has 7 heteroatoms. The number of para-hydroxylation sites is 6. The van der Waals surface area contributed by atoms with Gasteiger partial charge >= 0.3 is 0 Å². The SMILES string of the molecule is c1ccc2nc(-n3c4ccccc4c4cc5c(cc43)c3ccccc3n5-c3nc4ccccc4nc3-c3ccc4c(c3)sc3ccccc34)cnc2c1. The molecular formula is C46H26N6S. The van der Waals surface area contributed by atoms with Gasteiger partial charge in [-0.2, -0.15) is 0 Å². The predicted molar refractivity (Wildman–Crippen MR) is 220 cm³/mol. The van der Waals surface area contributed by atoms with Gasteiger partial charge in [0.25, 0.3) is 0 Å². The molecule has 6 nitrogen and oxygen atoms in total. The van der Waals surface area contributed by atoms with Crippen LogP contribution in [-0.2, 0) is 0 Å². The van der Waals surface area contributed by atoms with Crippen LogP contribution in [0.4, 0.5) is 0 Å². The zero-order valence-electron chi connectivity index (χ0n) is 28.1. The summed E-state index contributed by atoms with van der Waals surface area (Å²) in [5.74, 6) is 1.59. The minimum Gasteiger partial charge on any atom is -0.292 e. The van der Waals surface area contributed by atoms with E-state index in [1.165, 1.54) is 20.2 Å². The number of nitrogens with zero attached hydrogens (tertiary/aromatic N) is 6. The number of thiophene rings is 1. The van der Waals surface area contributed by atoms with E-state index >= 15 is 0 Å². The smallest absolute Gasteiger partial charge is 0.165 e. The van der Waals surface area contributed by atoms with Crippen LogP contribution in [-0.4, -0.2) is 29.1 Å². The fraction of sp³-hybridized carbons (Fsp3) is 0. The molecular weight excluding hydrogens is 669 g/mol. The van der Waals surface area contributed by atoms with E-state index in [4.69, 9.17) is 19.9 Å². The number of fused-ring (bicyclic) bond motifs is 11. The summed E-state index contributed by atoms with van der Waals surface area (Å²) in [6.45, 7) is 0. The molecule has 0 saturated carbocycles. The van der Waals surface area contributed by atoms with Crippen molar-refractivity contribution < 1.29 is 0 Å². The summed E-state index contributed by atoms with van der Waals surface area (Å²) in [5.41, 5.74) is 9.65. The van der Waals surface area contributed by atoms with Gasteiger partial charge in [0.1, 0.15) is 5.69 Å². The lowest BCUT2D eigenvalue weighted by Gasteiger charge is -2.14. The first-order valence-corrected chi connectivity index (χ1v) is 18.5. The highest BCUT2D eigenvalue weighted by atomic mass is 32.1. The van der Waals surface area contributed by atoms with Crippen LogP contribution in [0.2, 0.25) is 0 Å². The van der Waals surface area contributed by atoms with Crippen LogP contribution in [0.15, 0.2) is 158 Å². The molecule has 0 fully saturated rings.